The van der Waals surface area contributed by atoms with Gasteiger partial charge in [-0.2, -0.15) is 0 Å². The van der Waals surface area contributed by atoms with Gasteiger partial charge in [0, 0.05) is 22.6 Å². The quantitative estimate of drug-likeness (QED) is 0.671. The van der Waals surface area contributed by atoms with E-state index in [9.17, 15) is 14.1 Å². The minimum atomic E-state index is -0.880. The fraction of sp³-hybridized carbons (Fsp3) is 0.933. The number of amides is 2. The minimum absolute atomic E-state index is 0.0240. The predicted octanol–water partition coefficient (Wildman–Crippen LogP) is 1.92. The molecule has 1 fully saturated rings. The highest BCUT2D eigenvalue weighted by molar-refractivity contribution is 7.85. The number of rotatable bonds is 7. The average Bonchev–Trinajstić information content (AvgIpc) is 2.47. The van der Waals surface area contributed by atoms with Gasteiger partial charge in [0.05, 0.1) is 17.4 Å². The monoisotopic (exact) mass is 318 g/mol. The Morgan fingerprint density at radius 1 is 1.33 bits per heavy atom. The Balaban J connectivity index is 2.60. The molecule has 5 nitrogen and oxygen atoms in total. The van der Waals surface area contributed by atoms with Crippen molar-refractivity contribution in [1.29, 1.82) is 0 Å². The van der Waals surface area contributed by atoms with Crippen LogP contribution in [-0.2, 0) is 10.8 Å². The third-order valence-corrected chi connectivity index (χ3v) is 6.02. The lowest BCUT2D eigenvalue weighted by molar-refractivity contribution is 0.161. The van der Waals surface area contributed by atoms with Crippen LogP contribution in [0.5, 0.6) is 0 Å². The summed E-state index contributed by atoms with van der Waals surface area (Å²) in [7, 11) is -0.880. The Labute approximate surface area is 130 Å². The van der Waals surface area contributed by atoms with E-state index in [0.29, 0.717) is 5.75 Å². The number of hydrogen-bond donors (Lipinski definition) is 3. The summed E-state index contributed by atoms with van der Waals surface area (Å²) in [4.78, 5) is 12.2. The molecule has 124 valence electrons. The maximum absolute atomic E-state index is 12.2. The zero-order valence-corrected chi connectivity index (χ0v) is 14.3. The van der Waals surface area contributed by atoms with Gasteiger partial charge in [-0.25, -0.2) is 4.79 Å². The molecule has 0 aliphatic heterocycles. The lowest BCUT2D eigenvalue weighted by Gasteiger charge is -2.34. The Kier molecular flexibility index (Phi) is 7.66. The van der Waals surface area contributed by atoms with Crippen molar-refractivity contribution in [1.82, 2.24) is 10.6 Å². The maximum atomic E-state index is 12.2. The first-order valence-corrected chi connectivity index (χ1v) is 9.40. The number of aliphatic hydroxyl groups is 1. The van der Waals surface area contributed by atoms with Crippen LogP contribution in [0, 0.1) is 0 Å². The van der Waals surface area contributed by atoms with Crippen molar-refractivity contribution >= 4 is 16.8 Å². The van der Waals surface area contributed by atoms with Crippen molar-refractivity contribution in [2.45, 2.75) is 76.1 Å². The molecule has 1 rings (SSSR count). The molecule has 0 heterocycles. The van der Waals surface area contributed by atoms with E-state index >= 15 is 0 Å². The fourth-order valence-electron chi connectivity index (χ4n) is 3.00. The number of carbonyl (C=O) groups excluding carboxylic acids is 1. The van der Waals surface area contributed by atoms with Gasteiger partial charge in [-0.05, 0) is 26.2 Å². The summed E-state index contributed by atoms with van der Waals surface area (Å²) in [5.74, 6) is 0.634. The molecule has 0 aromatic carbocycles. The smallest absolute Gasteiger partial charge is 0.315 e. The van der Waals surface area contributed by atoms with Crippen LogP contribution in [0.4, 0.5) is 4.79 Å². The van der Waals surface area contributed by atoms with Crippen molar-refractivity contribution in [2.24, 2.45) is 0 Å². The fourth-order valence-corrected chi connectivity index (χ4v) is 4.43. The highest BCUT2D eigenvalue weighted by Crippen LogP contribution is 2.23. The molecule has 0 aromatic rings. The van der Waals surface area contributed by atoms with Crippen LogP contribution >= 0.6 is 0 Å². The first-order valence-electron chi connectivity index (χ1n) is 8.02. The Bertz CT molecular complexity index is 365. The number of hydrogen-bond acceptors (Lipinski definition) is 3. The van der Waals surface area contributed by atoms with Gasteiger partial charge in [-0.15, -0.1) is 0 Å². The van der Waals surface area contributed by atoms with Gasteiger partial charge in [0.25, 0.3) is 0 Å². The van der Waals surface area contributed by atoms with Crippen molar-refractivity contribution in [2.75, 3.05) is 12.4 Å². The molecule has 1 aliphatic carbocycles. The molecular weight excluding hydrogens is 288 g/mol. The molecule has 1 aliphatic rings. The second kappa shape index (κ2) is 8.73. The number of nitrogens with one attached hydrogen (secondary N) is 2. The van der Waals surface area contributed by atoms with E-state index in [1.165, 1.54) is 0 Å². The Morgan fingerprint density at radius 2 is 2.00 bits per heavy atom. The lowest BCUT2D eigenvalue weighted by atomic mass is 9.94. The summed E-state index contributed by atoms with van der Waals surface area (Å²) in [6, 6.07) is -0.283. The molecular formula is C15H30N2O3S. The number of aliphatic hydroxyl groups excluding tert-OH is 1. The van der Waals surface area contributed by atoms with Gasteiger partial charge in [0.2, 0.25) is 0 Å². The van der Waals surface area contributed by atoms with Gasteiger partial charge in [-0.3, -0.25) is 4.21 Å². The summed E-state index contributed by atoms with van der Waals surface area (Å²) in [6.45, 7) is 5.71. The van der Waals surface area contributed by atoms with Crippen molar-refractivity contribution < 1.29 is 14.1 Å². The molecule has 0 bridgehead atoms. The van der Waals surface area contributed by atoms with Gasteiger partial charge >= 0.3 is 6.03 Å². The lowest BCUT2D eigenvalue weighted by Crippen LogP contribution is -2.57. The van der Waals surface area contributed by atoms with Crippen LogP contribution in [0.1, 0.15) is 59.3 Å². The molecule has 21 heavy (non-hydrogen) atoms. The largest absolute Gasteiger partial charge is 0.394 e. The molecule has 0 radical (unpaired) electrons. The third-order valence-electron chi connectivity index (χ3n) is 4.21. The second-order valence-corrected chi connectivity index (χ2v) is 8.11. The van der Waals surface area contributed by atoms with Crippen molar-refractivity contribution in [3.05, 3.63) is 0 Å². The molecule has 0 aromatic heterocycles. The van der Waals surface area contributed by atoms with Gasteiger partial charge in [0.15, 0.2) is 0 Å². The first-order chi connectivity index (χ1) is 9.95. The molecule has 0 spiro atoms. The normalized spacial score (nSPS) is 26.7. The summed E-state index contributed by atoms with van der Waals surface area (Å²) < 4.78 is 12.1. The zero-order valence-electron chi connectivity index (χ0n) is 13.5. The standard InChI is InChI=1S/C15H30N2O3S/c1-4-10-15(3,11-18)17-14(19)16-12-8-6-7-9-13(12)21(20)5-2/h12-13,18H,4-11H2,1-3H3,(H2,16,17,19). The molecule has 3 N–H and O–H groups in total. The zero-order chi connectivity index (χ0) is 15.9. The average molecular weight is 318 g/mol. The van der Waals surface area contributed by atoms with E-state index in [0.717, 1.165) is 38.5 Å². The maximum Gasteiger partial charge on any atom is 0.315 e. The minimum Gasteiger partial charge on any atom is -0.394 e. The van der Waals surface area contributed by atoms with Crippen LogP contribution in [-0.4, -0.2) is 44.5 Å². The van der Waals surface area contributed by atoms with E-state index < -0.39 is 16.3 Å². The van der Waals surface area contributed by atoms with Crippen molar-refractivity contribution in [3.63, 3.8) is 0 Å². The molecule has 2 amide bonds. The summed E-state index contributed by atoms with van der Waals surface area (Å²) in [6.07, 6.45) is 5.56. The third kappa shape index (κ3) is 5.58. The van der Waals surface area contributed by atoms with E-state index in [4.69, 9.17) is 0 Å². The molecule has 1 saturated carbocycles. The Hall–Kier alpha value is -0.620. The Morgan fingerprint density at radius 3 is 2.57 bits per heavy atom. The number of carbonyl (C=O) groups is 1. The molecule has 4 unspecified atom stereocenters. The summed E-state index contributed by atoms with van der Waals surface area (Å²) in [5.41, 5.74) is -0.590. The topological polar surface area (TPSA) is 78.4 Å². The van der Waals surface area contributed by atoms with Crippen LogP contribution < -0.4 is 10.6 Å². The highest BCUT2D eigenvalue weighted by Gasteiger charge is 2.32. The van der Waals surface area contributed by atoms with Crippen LogP contribution in [0.25, 0.3) is 0 Å². The highest BCUT2D eigenvalue weighted by atomic mass is 32.2. The van der Waals surface area contributed by atoms with E-state index in [-0.39, 0.29) is 23.9 Å². The van der Waals surface area contributed by atoms with E-state index in [2.05, 4.69) is 10.6 Å². The predicted molar refractivity (Wildman–Crippen MR) is 86.8 cm³/mol. The molecule has 4 atom stereocenters. The first kappa shape index (κ1) is 18.4. The second-order valence-electron chi connectivity index (χ2n) is 6.17. The van der Waals surface area contributed by atoms with Gasteiger partial charge in [0.1, 0.15) is 0 Å². The molecule has 0 saturated heterocycles. The number of urea groups is 1. The molecule has 6 heteroatoms. The summed E-state index contributed by atoms with van der Waals surface area (Å²) in [5, 5.41) is 15.4. The van der Waals surface area contributed by atoms with Crippen molar-refractivity contribution in [3.8, 4) is 0 Å². The van der Waals surface area contributed by atoms with Crippen LogP contribution in [0.2, 0.25) is 0 Å². The van der Waals surface area contributed by atoms with Gasteiger partial charge in [-0.1, -0.05) is 33.1 Å². The van der Waals surface area contributed by atoms with Crippen LogP contribution in [0.15, 0.2) is 0 Å². The van der Waals surface area contributed by atoms with Gasteiger partial charge < -0.3 is 15.7 Å². The summed E-state index contributed by atoms with van der Waals surface area (Å²) >= 11 is 0. The van der Waals surface area contributed by atoms with E-state index in [1.807, 2.05) is 20.8 Å². The van der Waals surface area contributed by atoms with E-state index in [1.54, 1.807) is 0 Å². The SMILES string of the molecule is CCCC(C)(CO)NC(=O)NC1CCCCC1S(=O)CC. The van der Waals surface area contributed by atoms with Crippen LogP contribution in [0.3, 0.4) is 0 Å².